The molecule has 1 aliphatic rings. The van der Waals surface area contributed by atoms with E-state index in [1.54, 1.807) is 31.0 Å². The summed E-state index contributed by atoms with van der Waals surface area (Å²) in [5.41, 5.74) is 0. The van der Waals surface area contributed by atoms with Crippen molar-refractivity contribution in [2.75, 3.05) is 60.5 Å². The van der Waals surface area contributed by atoms with Crippen molar-refractivity contribution in [1.29, 1.82) is 0 Å². The lowest BCUT2D eigenvalue weighted by Crippen LogP contribution is -2.47. The Kier molecular flexibility index (Phi) is 8.07. The van der Waals surface area contributed by atoms with Crippen LogP contribution in [0.5, 0.6) is 0 Å². The number of methoxy groups -OCH3 is 1. The number of amides is 3. The van der Waals surface area contributed by atoms with Crippen molar-refractivity contribution >= 4 is 11.9 Å². The van der Waals surface area contributed by atoms with Gasteiger partial charge in [-0.05, 0) is 12.8 Å². The maximum atomic E-state index is 12.0. The molecule has 2 N–H and O–H groups in total. The van der Waals surface area contributed by atoms with Crippen LogP contribution < -0.4 is 10.6 Å². The van der Waals surface area contributed by atoms with Crippen LogP contribution in [0.25, 0.3) is 0 Å². The molecule has 1 fully saturated rings. The van der Waals surface area contributed by atoms with Gasteiger partial charge < -0.3 is 25.2 Å². The number of carbonyl (C=O) groups excluding carboxylic acids is 2. The molecule has 0 aliphatic carbocycles. The van der Waals surface area contributed by atoms with Crippen LogP contribution in [0, 0.1) is 5.92 Å². The number of likely N-dealkylation sites (tertiary alicyclic amines) is 1. The van der Waals surface area contributed by atoms with Crippen LogP contribution in [0.2, 0.25) is 0 Å². The summed E-state index contributed by atoms with van der Waals surface area (Å²) in [5.74, 6) is 0.121. The second-order valence-corrected chi connectivity index (χ2v) is 5.47. The van der Waals surface area contributed by atoms with Crippen molar-refractivity contribution < 1.29 is 14.3 Å². The number of urea groups is 1. The van der Waals surface area contributed by atoms with Crippen LogP contribution in [-0.4, -0.2) is 82.3 Å². The highest BCUT2D eigenvalue weighted by Gasteiger charge is 2.27. The van der Waals surface area contributed by atoms with Gasteiger partial charge >= 0.3 is 6.03 Å². The van der Waals surface area contributed by atoms with Crippen molar-refractivity contribution in [3.05, 3.63) is 0 Å². The molecule has 0 bridgehead atoms. The van der Waals surface area contributed by atoms with Crippen molar-refractivity contribution in [2.45, 2.75) is 12.8 Å². The van der Waals surface area contributed by atoms with E-state index in [9.17, 15) is 9.59 Å². The van der Waals surface area contributed by atoms with E-state index in [1.165, 1.54) is 0 Å². The number of ether oxygens (including phenoxy) is 1. The lowest BCUT2D eigenvalue weighted by atomic mass is 9.96. The third-order valence-electron chi connectivity index (χ3n) is 3.60. The molecule has 3 amide bonds. The Hall–Kier alpha value is -1.34. The van der Waals surface area contributed by atoms with E-state index in [0.29, 0.717) is 26.2 Å². The molecule has 7 heteroatoms. The van der Waals surface area contributed by atoms with Gasteiger partial charge in [-0.1, -0.05) is 0 Å². The monoisotopic (exact) mass is 300 g/mol. The Morgan fingerprint density at radius 1 is 1.19 bits per heavy atom. The van der Waals surface area contributed by atoms with Crippen LogP contribution in [0.1, 0.15) is 12.8 Å². The number of nitrogens with zero attached hydrogens (tertiary/aromatic N) is 2. The zero-order valence-corrected chi connectivity index (χ0v) is 13.4. The molecular formula is C14H28N4O3. The highest BCUT2D eigenvalue weighted by molar-refractivity contribution is 5.79. The second kappa shape index (κ2) is 9.57. The van der Waals surface area contributed by atoms with E-state index in [1.807, 2.05) is 0 Å². The molecule has 21 heavy (non-hydrogen) atoms. The second-order valence-electron chi connectivity index (χ2n) is 5.47. The summed E-state index contributed by atoms with van der Waals surface area (Å²) in [6.07, 6.45) is 1.48. The summed E-state index contributed by atoms with van der Waals surface area (Å²) in [4.78, 5) is 27.2. The van der Waals surface area contributed by atoms with Gasteiger partial charge in [-0.15, -0.1) is 0 Å². The average molecular weight is 300 g/mol. The number of hydrogen-bond acceptors (Lipinski definition) is 4. The van der Waals surface area contributed by atoms with E-state index in [0.717, 1.165) is 25.9 Å². The largest absolute Gasteiger partial charge is 0.383 e. The lowest BCUT2D eigenvalue weighted by molar-refractivity contribution is -0.126. The van der Waals surface area contributed by atoms with Gasteiger partial charge in [0.15, 0.2) is 0 Å². The third-order valence-corrected chi connectivity index (χ3v) is 3.60. The van der Waals surface area contributed by atoms with Crippen molar-refractivity contribution in [3.8, 4) is 0 Å². The van der Waals surface area contributed by atoms with Crippen LogP contribution in [0.3, 0.4) is 0 Å². The SMILES string of the molecule is COCCNCCNC(=O)C1CCN(C(=O)N(C)C)CC1. The Labute approximate surface area is 127 Å². The minimum absolute atomic E-state index is 0.0233. The number of piperidine rings is 1. The highest BCUT2D eigenvalue weighted by Crippen LogP contribution is 2.17. The first kappa shape index (κ1) is 17.7. The molecule has 0 spiro atoms. The Morgan fingerprint density at radius 3 is 2.43 bits per heavy atom. The van der Waals surface area contributed by atoms with E-state index in [-0.39, 0.29) is 17.9 Å². The molecule has 7 nitrogen and oxygen atoms in total. The fourth-order valence-electron chi connectivity index (χ4n) is 2.33. The van der Waals surface area contributed by atoms with E-state index >= 15 is 0 Å². The number of nitrogens with one attached hydrogen (secondary N) is 2. The zero-order chi connectivity index (χ0) is 15.7. The van der Waals surface area contributed by atoms with Crippen LogP contribution in [0.15, 0.2) is 0 Å². The van der Waals surface area contributed by atoms with Gasteiger partial charge in [0.05, 0.1) is 6.61 Å². The standard InChI is InChI=1S/C14H28N4O3/c1-17(2)14(20)18-9-4-12(5-10-18)13(19)16-7-6-15-8-11-21-3/h12,15H,4-11H2,1-3H3,(H,16,19). The zero-order valence-electron chi connectivity index (χ0n) is 13.4. The molecule has 0 saturated carbocycles. The molecular weight excluding hydrogens is 272 g/mol. The number of rotatable bonds is 7. The van der Waals surface area contributed by atoms with Gasteiger partial charge in [0, 0.05) is 59.8 Å². The number of hydrogen-bond donors (Lipinski definition) is 2. The highest BCUT2D eigenvalue weighted by atomic mass is 16.5. The van der Waals surface area contributed by atoms with Crippen molar-refractivity contribution in [1.82, 2.24) is 20.4 Å². The Balaban J connectivity index is 2.16. The fraction of sp³-hybridized carbons (Fsp3) is 0.857. The molecule has 0 aromatic rings. The van der Waals surface area contributed by atoms with Crippen LogP contribution >= 0.6 is 0 Å². The van der Waals surface area contributed by atoms with Crippen molar-refractivity contribution in [3.63, 3.8) is 0 Å². The van der Waals surface area contributed by atoms with Gasteiger partial charge in [0.2, 0.25) is 5.91 Å². The molecule has 0 radical (unpaired) electrons. The Morgan fingerprint density at radius 2 is 1.86 bits per heavy atom. The average Bonchev–Trinajstić information content (AvgIpc) is 2.49. The summed E-state index contributed by atoms with van der Waals surface area (Å²) in [5, 5.41) is 6.12. The third kappa shape index (κ3) is 6.31. The molecule has 1 aliphatic heterocycles. The molecule has 1 rings (SSSR count). The van der Waals surface area contributed by atoms with Crippen LogP contribution in [-0.2, 0) is 9.53 Å². The quantitative estimate of drug-likeness (QED) is 0.635. The summed E-state index contributed by atoms with van der Waals surface area (Å²) in [6, 6.07) is 0.0243. The number of carbonyl (C=O) groups is 2. The molecule has 0 unspecified atom stereocenters. The summed E-state index contributed by atoms with van der Waals surface area (Å²) in [6.45, 7) is 4.14. The van der Waals surface area contributed by atoms with Gasteiger partial charge in [0.1, 0.15) is 0 Å². The summed E-state index contributed by atoms with van der Waals surface area (Å²) >= 11 is 0. The van der Waals surface area contributed by atoms with Gasteiger partial charge in [-0.2, -0.15) is 0 Å². The summed E-state index contributed by atoms with van der Waals surface area (Å²) < 4.78 is 4.93. The predicted molar refractivity (Wildman–Crippen MR) is 81.1 cm³/mol. The summed E-state index contributed by atoms with van der Waals surface area (Å²) in [7, 11) is 5.16. The molecule has 1 heterocycles. The van der Waals surface area contributed by atoms with E-state index in [2.05, 4.69) is 10.6 Å². The van der Waals surface area contributed by atoms with Gasteiger partial charge in [-0.3, -0.25) is 4.79 Å². The van der Waals surface area contributed by atoms with E-state index in [4.69, 9.17) is 4.74 Å². The molecule has 122 valence electrons. The molecule has 1 saturated heterocycles. The topological polar surface area (TPSA) is 73.9 Å². The van der Waals surface area contributed by atoms with Crippen molar-refractivity contribution in [2.24, 2.45) is 5.92 Å². The first-order valence-corrected chi connectivity index (χ1v) is 7.50. The minimum Gasteiger partial charge on any atom is -0.383 e. The smallest absolute Gasteiger partial charge is 0.319 e. The first-order chi connectivity index (χ1) is 10.1. The lowest BCUT2D eigenvalue weighted by Gasteiger charge is -2.33. The van der Waals surface area contributed by atoms with E-state index < -0.39 is 0 Å². The maximum Gasteiger partial charge on any atom is 0.319 e. The molecule has 0 aromatic heterocycles. The normalized spacial score (nSPS) is 15.9. The Bertz CT molecular complexity index is 328. The molecule has 0 atom stereocenters. The fourth-order valence-corrected chi connectivity index (χ4v) is 2.33. The minimum atomic E-state index is 0.0233. The first-order valence-electron chi connectivity index (χ1n) is 7.50. The van der Waals surface area contributed by atoms with Crippen LogP contribution in [0.4, 0.5) is 4.79 Å². The van der Waals surface area contributed by atoms with Gasteiger partial charge in [0.25, 0.3) is 0 Å². The molecule has 0 aromatic carbocycles. The van der Waals surface area contributed by atoms with Gasteiger partial charge in [-0.25, -0.2) is 4.79 Å². The predicted octanol–water partition coefficient (Wildman–Crippen LogP) is -0.268. The maximum absolute atomic E-state index is 12.0.